The van der Waals surface area contributed by atoms with Gasteiger partial charge in [0.25, 0.3) is 0 Å². The van der Waals surface area contributed by atoms with Crippen molar-refractivity contribution in [1.82, 2.24) is 15.2 Å². The van der Waals surface area contributed by atoms with Gasteiger partial charge in [-0.05, 0) is 73.2 Å². The molecule has 0 aliphatic heterocycles. The Labute approximate surface area is 149 Å². The van der Waals surface area contributed by atoms with Crippen LogP contribution in [0.2, 0.25) is 0 Å². The summed E-state index contributed by atoms with van der Waals surface area (Å²) in [5, 5.41) is 28.1. The predicted octanol–water partition coefficient (Wildman–Crippen LogP) is 4.23. The number of hydrogen-bond acceptors (Lipinski definition) is 4. The van der Waals surface area contributed by atoms with Gasteiger partial charge in [-0.1, -0.05) is 0 Å². The van der Waals surface area contributed by atoms with Crippen LogP contribution in [-0.2, 0) is 12.8 Å². The predicted molar refractivity (Wildman–Crippen MR) is 99.9 cm³/mol. The summed E-state index contributed by atoms with van der Waals surface area (Å²) in [6.07, 6.45) is 4.23. The van der Waals surface area contributed by atoms with Crippen molar-refractivity contribution in [3.8, 4) is 23.1 Å². The number of aryl methyl sites for hydroxylation is 1. The number of phenolic OH excluding ortho intramolecular Hbond substituents is 1. The highest BCUT2D eigenvalue weighted by molar-refractivity contribution is 6.10. The van der Waals surface area contributed by atoms with Gasteiger partial charge in [0.1, 0.15) is 11.8 Å². The minimum atomic E-state index is 0.252. The van der Waals surface area contributed by atoms with E-state index in [1.165, 1.54) is 11.1 Å². The quantitative estimate of drug-likeness (QED) is 0.543. The van der Waals surface area contributed by atoms with E-state index >= 15 is 0 Å². The van der Waals surface area contributed by atoms with E-state index in [0.717, 1.165) is 58.7 Å². The highest BCUT2D eigenvalue weighted by Crippen LogP contribution is 2.38. The van der Waals surface area contributed by atoms with E-state index in [1.54, 1.807) is 12.1 Å². The van der Waals surface area contributed by atoms with Crippen molar-refractivity contribution in [3.05, 3.63) is 53.2 Å². The molecule has 26 heavy (non-hydrogen) atoms. The molecule has 0 unspecified atom stereocenters. The number of pyridine rings is 1. The number of nitriles is 1. The molecule has 5 heteroatoms. The third kappa shape index (κ3) is 2.09. The number of hydrogen-bond donors (Lipinski definition) is 2. The number of aromatic hydroxyl groups is 1. The fourth-order valence-electron chi connectivity index (χ4n) is 4.07. The molecule has 2 aromatic heterocycles. The lowest BCUT2D eigenvalue weighted by Gasteiger charge is -2.22. The van der Waals surface area contributed by atoms with E-state index in [4.69, 9.17) is 4.98 Å². The smallest absolute Gasteiger partial charge is 0.170 e. The lowest BCUT2D eigenvalue weighted by Crippen LogP contribution is -2.08. The average molecular weight is 340 g/mol. The van der Waals surface area contributed by atoms with Gasteiger partial charge in [0.15, 0.2) is 5.69 Å². The number of rotatable bonds is 1. The number of phenols is 1. The Morgan fingerprint density at radius 1 is 0.962 bits per heavy atom. The maximum atomic E-state index is 9.60. The zero-order valence-corrected chi connectivity index (χ0v) is 14.1. The fourth-order valence-corrected chi connectivity index (χ4v) is 4.07. The van der Waals surface area contributed by atoms with Crippen molar-refractivity contribution in [3.63, 3.8) is 0 Å². The maximum absolute atomic E-state index is 9.60. The number of benzene rings is 2. The van der Waals surface area contributed by atoms with Crippen LogP contribution in [0, 0.1) is 11.3 Å². The van der Waals surface area contributed by atoms with E-state index in [9.17, 15) is 10.4 Å². The molecule has 0 spiro atoms. The van der Waals surface area contributed by atoms with Crippen molar-refractivity contribution in [2.75, 3.05) is 0 Å². The van der Waals surface area contributed by atoms with Crippen LogP contribution >= 0.6 is 0 Å². The SMILES string of the molecule is N#Cc1n[nH]c2ccc3nc(-c4ccc(O)cc4)c4c(c3c12)CCCC4. The van der Waals surface area contributed by atoms with Crippen LogP contribution in [0.5, 0.6) is 5.75 Å². The van der Waals surface area contributed by atoms with Gasteiger partial charge < -0.3 is 5.11 Å². The summed E-state index contributed by atoms with van der Waals surface area (Å²) in [6, 6.07) is 13.4. The van der Waals surface area contributed by atoms with Gasteiger partial charge in [0.2, 0.25) is 0 Å². The van der Waals surface area contributed by atoms with Crippen LogP contribution in [-0.4, -0.2) is 20.3 Å². The molecule has 4 aromatic rings. The topological polar surface area (TPSA) is 85.6 Å². The lowest BCUT2D eigenvalue weighted by atomic mass is 9.85. The highest BCUT2D eigenvalue weighted by Gasteiger charge is 2.22. The second kappa shape index (κ2) is 5.57. The molecule has 0 saturated carbocycles. The molecule has 126 valence electrons. The number of aromatic amines is 1. The molecular weight excluding hydrogens is 324 g/mol. The normalized spacial score (nSPS) is 13.7. The van der Waals surface area contributed by atoms with Crippen LogP contribution in [0.3, 0.4) is 0 Å². The molecule has 2 aromatic carbocycles. The van der Waals surface area contributed by atoms with Crippen molar-refractivity contribution in [2.45, 2.75) is 25.7 Å². The zero-order valence-electron chi connectivity index (χ0n) is 14.1. The Balaban J connectivity index is 1.91. The van der Waals surface area contributed by atoms with Gasteiger partial charge >= 0.3 is 0 Å². The first-order chi connectivity index (χ1) is 12.8. The monoisotopic (exact) mass is 340 g/mol. The first kappa shape index (κ1) is 14.9. The number of nitrogens with one attached hydrogen (secondary N) is 1. The van der Waals surface area contributed by atoms with E-state index in [-0.39, 0.29) is 5.75 Å². The van der Waals surface area contributed by atoms with Gasteiger partial charge in [-0.25, -0.2) is 4.98 Å². The Morgan fingerprint density at radius 2 is 1.73 bits per heavy atom. The summed E-state index contributed by atoms with van der Waals surface area (Å²) in [7, 11) is 0. The van der Waals surface area contributed by atoms with Crippen LogP contribution in [0.1, 0.15) is 29.7 Å². The summed E-state index contributed by atoms with van der Waals surface area (Å²) in [4.78, 5) is 4.96. The number of nitrogens with zero attached hydrogens (tertiary/aromatic N) is 3. The third-order valence-corrected chi connectivity index (χ3v) is 5.24. The van der Waals surface area contributed by atoms with Crippen molar-refractivity contribution in [2.24, 2.45) is 0 Å². The molecule has 5 nitrogen and oxygen atoms in total. The van der Waals surface area contributed by atoms with E-state index < -0.39 is 0 Å². The minimum Gasteiger partial charge on any atom is -0.508 e. The van der Waals surface area contributed by atoms with E-state index in [2.05, 4.69) is 16.3 Å². The largest absolute Gasteiger partial charge is 0.508 e. The molecule has 0 atom stereocenters. The van der Waals surface area contributed by atoms with Crippen LogP contribution in [0.4, 0.5) is 0 Å². The second-order valence-corrected chi connectivity index (χ2v) is 6.74. The summed E-state index contributed by atoms with van der Waals surface area (Å²) >= 11 is 0. The molecule has 0 saturated heterocycles. The first-order valence-electron chi connectivity index (χ1n) is 8.78. The molecule has 0 amide bonds. The van der Waals surface area contributed by atoms with Gasteiger partial charge in [-0.2, -0.15) is 10.4 Å². The lowest BCUT2D eigenvalue weighted by molar-refractivity contribution is 0.475. The fraction of sp³-hybridized carbons (Fsp3) is 0.190. The van der Waals surface area contributed by atoms with Gasteiger partial charge in [-0.15, -0.1) is 0 Å². The van der Waals surface area contributed by atoms with E-state index in [1.807, 2.05) is 24.3 Å². The standard InChI is InChI=1S/C21H16N4O/c22-11-18-20-17(24-25-18)10-9-16-19(20)14-3-1-2-4-15(14)21(23-16)12-5-7-13(26)8-6-12/h5-10,26H,1-4H2,(H,24,25). The molecule has 2 heterocycles. The summed E-state index contributed by atoms with van der Waals surface area (Å²) in [5.74, 6) is 0.252. The van der Waals surface area contributed by atoms with Crippen LogP contribution in [0.25, 0.3) is 33.1 Å². The van der Waals surface area contributed by atoms with Gasteiger partial charge in [0.05, 0.1) is 16.7 Å². The highest BCUT2D eigenvalue weighted by atomic mass is 16.3. The minimum absolute atomic E-state index is 0.252. The molecule has 0 radical (unpaired) electrons. The van der Waals surface area contributed by atoms with Crippen LogP contribution in [0.15, 0.2) is 36.4 Å². The van der Waals surface area contributed by atoms with Crippen molar-refractivity contribution < 1.29 is 5.11 Å². The summed E-state index contributed by atoms with van der Waals surface area (Å²) in [6.45, 7) is 0. The molecule has 5 rings (SSSR count). The van der Waals surface area contributed by atoms with Gasteiger partial charge in [0, 0.05) is 16.3 Å². The summed E-state index contributed by atoms with van der Waals surface area (Å²) in [5.41, 5.74) is 6.72. The van der Waals surface area contributed by atoms with Crippen molar-refractivity contribution >= 4 is 21.8 Å². The molecular formula is C21H16N4O. The van der Waals surface area contributed by atoms with Crippen LogP contribution < -0.4 is 0 Å². The third-order valence-electron chi connectivity index (χ3n) is 5.24. The Hall–Kier alpha value is -3.39. The van der Waals surface area contributed by atoms with Gasteiger partial charge in [-0.3, -0.25) is 5.10 Å². The molecule has 2 N–H and O–H groups in total. The molecule has 0 fully saturated rings. The Morgan fingerprint density at radius 3 is 2.50 bits per heavy atom. The second-order valence-electron chi connectivity index (χ2n) is 6.74. The zero-order chi connectivity index (χ0) is 17.7. The molecule has 1 aliphatic rings. The Bertz CT molecular complexity index is 1200. The average Bonchev–Trinajstić information content (AvgIpc) is 3.11. The first-order valence-corrected chi connectivity index (χ1v) is 8.78. The van der Waals surface area contributed by atoms with E-state index in [0.29, 0.717) is 5.69 Å². The molecule has 0 bridgehead atoms. The Kier molecular flexibility index (Phi) is 3.19. The number of fused-ring (bicyclic) bond motifs is 5. The molecule has 1 aliphatic carbocycles. The number of H-pyrrole nitrogens is 1. The summed E-state index contributed by atoms with van der Waals surface area (Å²) < 4.78 is 0. The maximum Gasteiger partial charge on any atom is 0.170 e. The number of aromatic nitrogens is 3. The van der Waals surface area contributed by atoms with Crippen molar-refractivity contribution in [1.29, 1.82) is 5.26 Å².